The summed E-state index contributed by atoms with van der Waals surface area (Å²) in [6.45, 7) is 7.88. The zero-order valence-electron chi connectivity index (χ0n) is 12.7. The summed E-state index contributed by atoms with van der Waals surface area (Å²) in [7, 11) is 0. The number of hydrogen-bond acceptors (Lipinski definition) is 2. The minimum atomic E-state index is 0.636. The molecule has 18 heavy (non-hydrogen) atoms. The fourth-order valence-corrected chi connectivity index (χ4v) is 2.98. The van der Waals surface area contributed by atoms with Gasteiger partial charge in [0, 0.05) is 19.1 Å². The van der Waals surface area contributed by atoms with Gasteiger partial charge in [0.2, 0.25) is 0 Å². The van der Waals surface area contributed by atoms with Gasteiger partial charge in [-0.3, -0.25) is 4.90 Å². The molecule has 1 aliphatic rings. The average Bonchev–Trinajstić information content (AvgIpc) is 2.34. The molecular formula is C16H34N2. The summed E-state index contributed by atoms with van der Waals surface area (Å²) in [5.41, 5.74) is 5.98. The predicted molar refractivity (Wildman–Crippen MR) is 80.8 cm³/mol. The van der Waals surface area contributed by atoms with Crippen LogP contribution in [0.5, 0.6) is 0 Å². The van der Waals surface area contributed by atoms with E-state index in [1.807, 2.05) is 0 Å². The molecule has 0 heterocycles. The van der Waals surface area contributed by atoms with Crippen molar-refractivity contribution in [1.82, 2.24) is 4.90 Å². The SMILES string of the molecule is CCCCCCCC(CN)N(CC)CC1CCC1. The van der Waals surface area contributed by atoms with Crippen LogP contribution in [0.3, 0.4) is 0 Å². The summed E-state index contributed by atoms with van der Waals surface area (Å²) >= 11 is 0. The van der Waals surface area contributed by atoms with Gasteiger partial charge in [0.1, 0.15) is 0 Å². The number of unbranched alkanes of at least 4 members (excludes halogenated alkanes) is 4. The summed E-state index contributed by atoms with van der Waals surface area (Å²) in [4.78, 5) is 2.64. The van der Waals surface area contributed by atoms with E-state index in [-0.39, 0.29) is 0 Å². The minimum absolute atomic E-state index is 0.636. The zero-order valence-corrected chi connectivity index (χ0v) is 12.7. The van der Waals surface area contributed by atoms with Gasteiger partial charge in [0.05, 0.1) is 0 Å². The van der Waals surface area contributed by atoms with Crippen LogP contribution < -0.4 is 5.73 Å². The fraction of sp³-hybridized carbons (Fsp3) is 1.00. The highest BCUT2D eigenvalue weighted by atomic mass is 15.2. The van der Waals surface area contributed by atoms with Crippen molar-refractivity contribution in [3.8, 4) is 0 Å². The molecule has 1 fully saturated rings. The standard InChI is InChI=1S/C16H34N2/c1-3-5-6-7-8-12-16(13-17)18(4-2)14-15-10-9-11-15/h15-16H,3-14,17H2,1-2H3. The number of likely N-dealkylation sites (N-methyl/N-ethyl adjacent to an activating group) is 1. The molecule has 108 valence electrons. The first-order valence-corrected chi connectivity index (χ1v) is 8.25. The van der Waals surface area contributed by atoms with Crippen LogP contribution in [0.2, 0.25) is 0 Å². The third-order valence-electron chi connectivity index (χ3n) is 4.55. The molecular weight excluding hydrogens is 220 g/mol. The van der Waals surface area contributed by atoms with Crippen LogP contribution >= 0.6 is 0 Å². The fourth-order valence-electron chi connectivity index (χ4n) is 2.98. The lowest BCUT2D eigenvalue weighted by atomic mass is 9.84. The molecule has 1 atom stereocenters. The van der Waals surface area contributed by atoms with E-state index in [1.165, 1.54) is 70.9 Å². The second-order valence-electron chi connectivity index (χ2n) is 5.98. The van der Waals surface area contributed by atoms with Gasteiger partial charge in [-0.25, -0.2) is 0 Å². The normalized spacial score (nSPS) is 18.0. The van der Waals surface area contributed by atoms with Crippen LogP contribution in [0.15, 0.2) is 0 Å². The maximum absolute atomic E-state index is 5.98. The molecule has 1 unspecified atom stereocenters. The Bertz CT molecular complexity index is 190. The van der Waals surface area contributed by atoms with Crippen LogP contribution in [-0.2, 0) is 0 Å². The molecule has 0 bridgehead atoms. The molecule has 1 saturated carbocycles. The van der Waals surface area contributed by atoms with Crippen LogP contribution in [-0.4, -0.2) is 30.6 Å². The zero-order chi connectivity index (χ0) is 13.2. The van der Waals surface area contributed by atoms with Crippen molar-refractivity contribution in [1.29, 1.82) is 0 Å². The number of hydrogen-bond donors (Lipinski definition) is 1. The second-order valence-corrected chi connectivity index (χ2v) is 5.98. The largest absolute Gasteiger partial charge is 0.329 e. The van der Waals surface area contributed by atoms with E-state index in [1.54, 1.807) is 0 Å². The van der Waals surface area contributed by atoms with E-state index in [4.69, 9.17) is 5.73 Å². The summed E-state index contributed by atoms with van der Waals surface area (Å²) in [5.74, 6) is 0.971. The van der Waals surface area contributed by atoms with E-state index in [2.05, 4.69) is 18.7 Å². The van der Waals surface area contributed by atoms with E-state index in [9.17, 15) is 0 Å². The van der Waals surface area contributed by atoms with Crippen molar-refractivity contribution in [2.75, 3.05) is 19.6 Å². The highest BCUT2D eigenvalue weighted by molar-refractivity contribution is 4.78. The predicted octanol–water partition coefficient (Wildman–Crippen LogP) is 3.80. The molecule has 0 saturated heterocycles. The van der Waals surface area contributed by atoms with Crippen LogP contribution in [0, 0.1) is 5.92 Å². The van der Waals surface area contributed by atoms with Gasteiger partial charge in [-0.15, -0.1) is 0 Å². The Morgan fingerprint density at radius 2 is 1.83 bits per heavy atom. The molecule has 2 nitrogen and oxygen atoms in total. The first-order chi connectivity index (χ1) is 8.81. The van der Waals surface area contributed by atoms with Crippen LogP contribution in [0.4, 0.5) is 0 Å². The van der Waals surface area contributed by atoms with Gasteiger partial charge in [-0.2, -0.15) is 0 Å². The van der Waals surface area contributed by atoms with Gasteiger partial charge < -0.3 is 5.73 Å². The molecule has 2 heteroatoms. The Morgan fingerprint density at radius 1 is 1.11 bits per heavy atom. The highest BCUT2D eigenvalue weighted by Crippen LogP contribution is 2.28. The molecule has 0 aliphatic heterocycles. The average molecular weight is 254 g/mol. The Morgan fingerprint density at radius 3 is 2.33 bits per heavy atom. The Hall–Kier alpha value is -0.0800. The van der Waals surface area contributed by atoms with Crippen molar-refractivity contribution in [3.05, 3.63) is 0 Å². The molecule has 1 aliphatic carbocycles. The van der Waals surface area contributed by atoms with Crippen LogP contribution in [0.1, 0.15) is 71.6 Å². The van der Waals surface area contributed by atoms with Gasteiger partial charge in [0.25, 0.3) is 0 Å². The lowest BCUT2D eigenvalue weighted by Gasteiger charge is -2.36. The topological polar surface area (TPSA) is 29.3 Å². The van der Waals surface area contributed by atoms with Crippen molar-refractivity contribution in [3.63, 3.8) is 0 Å². The molecule has 2 N–H and O–H groups in total. The first-order valence-electron chi connectivity index (χ1n) is 8.25. The van der Waals surface area contributed by atoms with Crippen molar-refractivity contribution >= 4 is 0 Å². The monoisotopic (exact) mass is 254 g/mol. The third-order valence-corrected chi connectivity index (χ3v) is 4.55. The first kappa shape index (κ1) is 16.0. The van der Waals surface area contributed by atoms with Gasteiger partial charge in [-0.05, 0) is 31.7 Å². The Labute approximate surface area is 114 Å². The Kier molecular flexibility index (Phi) is 8.70. The van der Waals surface area contributed by atoms with E-state index < -0.39 is 0 Å². The molecule has 0 aromatic carbocycles. The van der Waals surface area contributed by atoms with Crippen molar-refractivity contribution in [2.45, 2.75) is 77.7 Å². The van der Waals surface area contributed by atoms with Crippen molar-refractivity contribution in [2.24, 2.45) is 11.7 Å². The molecule has 0 amide bonds. The van der Waals surface area contributed by atoms with Crippen molar-refractivity contribution < 1.29 is 0 Å². The van der Waals surface area contributed by atoms with Crippen LogP contribution in [0.25, 0.3) is 0 Å². The van der Waals surface area contributed by atoms with E-state index >= 15 is 0 Å². The number of nitrogens with two attached hydrogens (primary N) is 1. The number of rotatable bonds is 11. The summed E-state index contributed by atoms with van der Waals surface area (Å²) in [6, 6.07) is 0.636. The summed E-state index contributed by atoms with van der Waals surface area (Å²) in [5, 5.41) is 0. The molecule has 0 aromatic heterocycles. The summed E-state index contributed by atoms with van der Waals surface area (Å²) in [6.07, 6.45) is 12.6. The van der Waals surface area contributed by atoms with Gasteiger partial charge in [0.15, 0.2) is 0 Å². The van der Waals surface area contributed by atoms with E-state index in [0.29, 0.717) is 6.04 Å². The Balaban J connectivity index is 2.18. The molecule has 0 spiro atoms. The maximum atomic E-state index is 5.98. The second kappa shape index (κ2) is 9.80. The molecule has 0 radical (unpaired) electrons. The van der Waals surface area contributed by atoms with Gasteiger partial charge in [-0.1, -0.05) is 52.4 Å². The quantitative estimate of drug-likeness (QED) is 0.568. The van der Waals surface area contributed by atoms with E-state index in [0.717, 1.165) is 12.5 Å². The maximum Gasteiger partial charge on any atom is 0.0218 e. The third kappa shape index (κ3) is 5.71. The summed E-state index contributed by atoms with van der Waals surface area (Å²) < 4.78 is 0. The highest BCUT2D eigenvalue weighted by Gasteiger charge is 2.23. The smallest absolute Gasteiger partial charge is 0.0218 e. The lowest BCUT2D eigenvalue weighted by molar-refractivity contribution is 0.134. The molecule has 0 aromatic rings. The molecule has 1 rings (SSSR count). The minimum Gasteiger partial charge on any atom is -0.329 e. The van der Waals surface area contributed by atoms with Gasteiger partial charge >= 0.3 is 0 Å². The lowest BCUT2D eigenvalue weighted by Crippen LogP contribution is -2.44. The number of nitrogens with zero attached hydrogens (tertiary/aromatic N) is 1.